The minimum atomic E-state index is -0.237. The van der Waals surface area contributed by atoms with Gasteiger partial charge in [0.25, 0.3) is 0 Å². The minimum Gasteiger partial charge on any atom is -0.512 e. The molecule has 0 atom stereocenters. The Morgan fingerprint density at radius 3 is 1.44 bits per heavy atom. The Labute approximate surface area is 756 Å². The average Bonchev–Trinajstić information content (AvgIpc) is 1.60. The van der Waals surface area contributed by atoms with E-state index in [0.29, 0.717) is 11.1 Å². The third-order valence-corrected chi connectivity index (χ3v) is 17.0. The van der Waals surface area contributed by atoms with Crippen molar-refractivity contribution in [2.24, 2.45) is 0 Å². The normalized spacial score (nSPS) is 10.2. The van der Waals surface area contributed by atoms with Crippen LogP contribution in [0, 0.1) is 82.7 Å². The summed E-state index contributed by atoms with van der Waals surface area (Å²) in [5, 5.41) is 22.0. The third-order valence-electron chi connectivity index (χ3n) is 17.0. The van der Waals surface area contributed by atoms with Crippen LogP contribution in [0.5, 0.6) is 0 Å². The zero-order valence-corrected chi connectivity index (χ0v) is 77.6. The summed E-state index contributed by atoms with van der Waals surface area (Å²) in [5.74, 6) is -0.552. The Hall–Kier alpha value is -11.7. The number of furan rings is 1. The van der Waals surface area contributed by atoms with Crippen molar-refractivity contribution in [1.82, 2.24) is 29.9 Å². The molecule has 0 unspecified atom stereocenters. The molecule has 11 nitrogen and oxygen atoms in total. The van der Waals surface area contributed by atoms with E-state index in [2.05, 4.69) is 117 Å². The quantitative estimate of drug-likeness (QED) is 0.0803. The van der Waals surface area contributed by atoms with Crippen molar-refractivity contribution in [2.75, 3.05) is 0 Å². The summed E-state index contributed by atoms with van der Waals surface area (Å²) in [6.45, 7) is 19.4. The summed E-state index contributed by atoms with van der Waals surface area (Å²) in [4.78, 5) is 46.4. The fraction of sp³-hybridized carbons (Fsp3) is 0.107. The number of aliphatic hydroxyl groups is 2. The first-order valence-corrected chi connectivity index (χ1v) is 37.6. The Balaban J connectivity index is 0.000000247. The molecular formula is C103H88F2Ir4N6O5-6. The molecule has 0 fully saturated rings. The second kappa shape index (κ2) is 51.6. The molecule has 0 bridgehead atoms. The van der Waals surface area contributed by atoms with Gasteiger partial charge in [0.05, 0.1) is 22.6 Å². The largest absolute Gasteiger partial charge is 0.512 e. The van der Waals surface area contributed by atoms with E-state index >= 15 is 0 Å². The van der Waals surface area contributed by atoms with Crippen LogP contribution in [0.25, 0.3) is 122 Å². The molecule has 0 saturated carbocycles. The van der Waals surface area contributed by atoms with Crippen LogP contribution in [-0.2, 0) is 90.0 Å². The van der Waals surface area contributed by atoms with Crippen LogP contribution in [0.1, 0.15) is 69.4 Å². The van der Waals surface area contributed by atoms with E-state index < -0.39 is 0 Å². The van der Waals surface area contributed by atoms with Crippen molar-refractivity contribution in [2.45, 2.75) is 76.2 Å². The van der Waals surface area contributed by atoms with E-state index in [9.17, 15) is 18.4 Å². The second-order valence-corrected chi connectivity index (χ2v) is 26.2. The monoisotopic (exact) mass is 2300 g/mol. The topological polar surface area (TPSA) is 165 Å². The van der Waals surface area contributed by atoms with Crippen LogP contribution in [0.4, 0.5) is 8.78 Å². The van der Waals surface area contributed by atoms with Gasteiger partial charge in [-0.1, -0.05) is 179 Å². The zero-order valence-electron chi connectivity index (χ0n) is 68.0. The SMILES string of the molecule is CC.CC(=O)C=C(C)O.CC(=O)C=C(C)O.Cc1[c-]c(-c2ccc3cc(F)c(C)cc3n2)cc(C)c1.Cc1cc(-c2[c-]cccc2)ncc1-c1ccccc1.Cc1cc(-c2nccc3ccccc23)[c-]cc1F.[Ir].[Ir].[Ir].[Ir].[c-]1ccc2c(oc3ccccc32)c1-c1ccccn1.[c-]1ccccc1-c1ccccn1.[c-]1ccccc1-c1ccccn1. The van der Waals surface area contributed by atoms with Gasteiger partial charge in [-0.3, -0.25) is 19.0 Å². The number of aryl methyl sites for hydroxylation is 5. The molecule has 0 aliphatic carbocycles. The first kappa shape index (κ1) is 98.9. The number of pyridine rings is 6. The predicted molar refractivity (Wildman–Crippen MR) is 468 cm³/mol. The molecule has 7 aromatic heterocycles. The molecule has 0 spiro atoms. The molecule has 10 aromatic carbocycles. The molecule has 4 radical (unpaired) electrons. The maximum Gasteiger partial charge on any atom is 0.155 e. The second-order valence-electron chi connectivity index (χ2n) is 26.2. The van der Waals surface area contributed by atoms with Gasteiger partial charge in [-0.25, -0.2) is 4.39 Å². The Bertz CT molecular complexity index is 5870. The third kappa shape index (κ3) is 30.3. The molecule has 120 heavy (non-hydrogen) atoms. The van der Waals surface area contributed by atoms with Crippen molar-refractivity contribution in [3.63, 3.8) is 0 Å². The number of carbonyl (C=O) groups is 2. The van der Waals surface area contributed by atoms with E-state index in [1.165, 1.54) is 74.2 Å². The molecule has 616 valence electrons. The van der Waals surface area contributed by atoms with E-state index in [-0.39, 0.29) is 115 Å². The molecule has 0 amide bonds. The first-order chi connectivity index (χ1) is 56.2. The summed E-state index contributed by atoms with van der Waals surface area (Å²) in [5.41, 5.74) is 21.0. The van der Waals surface area contributed by atoms with Crippen LogP contribution in [0.3, 0.4) is 0 Å². The number of fused-ring (bicyclic) bond motifs is 5. The molecule has 17 aromatic rings. The summed E-state index contributed by atoms with van der Waals surface area (Å²) < 4.78 is 32.8. The molecule has 0 saturated heterocycles. The number of halogens is 2. The summed E-state index contributed by atoms with van der Waals surface area (Å²) in [7, 11) is 0. The number of nitrogens with zero attached hydrogens (tertiary/aromatic N) is 6. The van der Waals surface area contributed by atoms with E-state index in [4.69, 9.17) is 14.6 Å². The van der Waals surface area contributed by atoms with Gasteiger partial charge >= 0.3 is 0 Å². The van der Waals surface area contributed by atoms with Gasteiger partial charge in [-0.2, -0.15) is 0 Å². The van der Waals surface area contributed by atoms with Crippen molar-refractivity contribution in [1.29, 1.82) is 0 Å². The number of aromatic nitrogens is 6. The van der Waals surface area contributed by atoms with Crippen LogP contribution >= 0.6 is 0 Å². The number of carbonyl (C=O) groups excluding carboxylic acids is 2. The Morgan fingerprint density at radius 2 is 0.925 bits per heavy atom. The van der Waals surface area contributed by atoms with E-state index in [0.717, 1.165) is 117 Å². The van der Waals surface area contributed by atoms with Crippen LogP contribution in [0.15, 0.2) is 338 Å². The molecule has 17 heteroatoms. The number of ketones is 2. The molecule has 7 heterocycles. The van der Waals surface area contributed by atoms with Gasteiger partial charge in [-0.15, -0.1) is 185 Å². The number of aliphatic hydroxyl groups excluding tert-OH is 2. The van der Waals surface area contributed by atoms with Crippen LogP contribution in [-0.4, -0.2) is 51.7 Å². The van der Waals surface area contributed by atoms with Gasteiger partial charge in [0.1, 0.15) is 11.4 Å². The number of hydrogen-bond donors (Lipinski definition) is 2. The molecule has 0 aliphatic rings. The van der Waals surface area contributed by atoms with Gasteiger partial charge in [-0.05, 0) is 146 Å². The predicted octanol–water partition coefficient (Wildman–Crippen LogP) is 26.1. The fourth-order valence-electron chi connectivity index (χ4n) is 11.8. The summed E-state index contributed by atoms with van der Waals surface area (Å²) in [6, 6.07) is 109. The minimum absolute atomic E-state index is 0. The molecular weight excluding hydrogens is 2210 g/mol. The van der Waals surface area contributed by atoms with Crippen LogP contribution < -0.4 is 0 Å². The Morgan fingerprint density at radius 1 is 0.400 bits per heavy atom. The maximum atomic E-state index is 13.5. The molecule has 2 N–H and O–H groups in total. The number of hydrogen-bond acceptors (Lipinski definition) is 11. The van der Waals surface area contributed by atoms with Crippen molar-refractivity contribution < 1.29 is 113 Å². The summed E-state index contributed by atoms with van der Waals surface area (Å²) in [6.07, 6.45) is 11.4. The number of para-hydroxylation sites is 1. The number of allylic oxidation sites excluding steroid dienone is 4. The average molecular weight is 2300 g/mol. The fourth-order valence-corrected chi connectivity index (χ4v) is 11.8. The number of benzene rings is 10. The smallest absolute Gasteiger partial charge is 0.155 e. The molecule has 0 aliphatic heterocycles. The molecule has 17 rings (SSSR count). The van der Waals surface area contributed by atoms with Crippen LogP contribution in [0.2, 0.25) is 0 Å². The van der Waals surface area contributed by atoms with Crippen molar-refractivity contribution in [3.05, 3.63) is 410 Å². The number of rotatable bonds is 9. The van der Waals surface area contributed by atoms with Crippen molar-refractivity contribution in [3.8, 4) is 78.7 Å². The van der Waals surface area contributed by atoms with E-state index in [1.54, 1.807) is 50.8 Å². The Kier molecular flexibility index (Phi) is 42.5. The first-order valence-electron chi connectivity index (χ1n) is 37.6. The maximum absolute atomic E-state index is 13.5. The van der Waals surface area contributed by atoms with Gasteiger partial charge in [0.15, 0.2) is 11.6 Å². The zero-order chi connectivity index (χ0) is 82.7. The van der Waals surface area contributed by atoms with Crippen molar-refractivity contribution >= 4 is 55.2 Å². The van der Waals surface area contributed by atoms with Gasteiger partial charge in [0, 0.05) is 146 Å². The van der Waals surface area contributed by atoms with Gasteiger partial charge < -0.3 is 39.6 Å². The standard InChI is InChI=1S/C18H15FN.C18H14N.C17H10NO.C16H11FN.2C11H8N.2C5H8O2.C2H6.4Ir/c1-11-6-12(2)8-15(7-11)17-5-4-14-10-16(19)13(3)9-18(14)20-17;1-14-12-18(16-10-6-3-7-11-16)19-13-17(14)15-8-4-2-5-9-15;1-2-10-16-12(6-1)13-7-5-8-14(17(13)19-16)15-9-3-4-11-18-15;1-11-10-13(6-7-15(11)17)16-14-5-3-2-4-12(14)8-9-18-16;2*1-2-6-10(7-3-1)11-8-4-5-9-12-11;2*1-4(6)3-5(2)7;1-2;;;;/h4-7,9-10H,1-3H3;2-10,12-13H,1H3;1-7,9-11H;2-5,7-10H,1H3;2*1-6,8-9H;2*3,6H,1-2H3;1-2H3;;;;/q6*-1;;;;;;;. The van der Waals surface area contributed by atoms with Gasteiger partial charge in [0.2, 0.25) is 0 Å². The van der Waals surface area contributed by atoms with E-state index in [1.807, 2.05) is 245 Å². The summed E-state index contributed by atoms with van der Waals surface area (Å²) >= 11 is 0.